The molecule has 0 saturated carbocycles. The quantitative estimate of drug-likeness (QED) is 0.401. The average Bonchev–Trinajstić information content (AvgIpc) is 3.47. The van der Waals surface area contributed by atoms with Crippen LogP contribution in [0.3, 0.4) is 0 Å². The fourth-order valence-electron chi connectivity index (χ4n) is 4.14. The van der Waals surface area contributed by atoms with Crippen LogP contribution in [0.2, 0.25) is 0 Å². The fraction of sp³-hybridized carbons (Fsp3) is 0.615. The number of nitrogens with zero attached hydrogens (tertiary/aromatic N) is 4. The summed E-state index contributed by atoms with van der Waals surface area (Å²) >= 11 is 0. The van der Waals surface area contributed by atoms with Gasteiger partial charge in [-0.05, 0) is 58.1 Å². The van der Waals surface area contributed by atoms with Crippen molar-refractivity contribution in [3.05, 3.63) is 29.8 Å². The molecule has 0 spiro atoms. The molecule has 37 heavy (non-hydrogen) atoms. The van der Waals surface area contributed by atoms with Crippen LogP contribution in [-0.4, -0.2) is 61.4 Å². The predicted molar refractivity (Wildman–Crippen MR) is 137 cm³/mol. The van der Waals surface area contributed by atoms with E-state index in [-0.39, 0.29) is 30.1 Å². The van der Waals surface area contributed by atoms with Gasteiger partial charge in [-0.1, -0.05) is 25.9 Å². The van der Waals surface area contributed by atoms with Crippen molar-refractivity contribution < 1.29 is 27.6 Å². The van der Waals surface area contributed by atoms with Gasteiger partial charge in [0.15, 0.2) is 11.6 Å². The van der Waals surface area contributed by atoms with Crippen LogP contribution in [0.15, 0.2) is 27.3 Å². The molecule has 1 saturated heterocycles. The average molecular weight is 528 g/mol. The molecule has 0 bridgehead atoms. The van der Waals surface area contributed by atoms with Gasteiger partial charge in [-0.15, -0.1) is 0 Å². The van der Waals surface area contributed by atoms with Gasteiger partial charge in [0, 0.05) is 24.7 Å². The second kappa shape index (κ2) is 10.2. The lowest BCUT2D eigenvalue weighted by molar-refractivity contribution is -0.0190. The maximum absolute atomic E-state index is 12.3. The highest BCUT2D eigenvalue weighted by atomic mass is 28.2. The fourth-order valence-corrected chi connectivity index (χ4v) is 4.54. The van der Waals surface area contributed by atoms with Crippen LogP contribution < -0.4 is 0 Å². The monoisotopic (exact) mass is 527 g/mol. The van der Waals surface area contributed by atoms with Crippen LogP contribution in [-0.2, 0) is 26.1 Å². The number of likely N-dealkylation sites (tertiary alicyclic amines) is 1. The zero-order valence-electron chi connectivity index (χ0n) is 22.6. The standard InChI is InChI=1S/C26H35N4O6Si/c1-24(2,3)26(7,36-37)21-17-14-19(33-18(17)8-11-27-21)22-28-20(29-35-22)15-32-16-9-12-30(13-10-16)23(31)34-25(4,5)6/h8,11,14,16H,9-10,12-13,15H2,1-7H3. The number of furan rings is 1. The molecule has 1 fully saturated rings. The van der Waals surface area contributed by atoms with Gasteiger partial charge in [0.25, 0.3) is 5.89 Å². The summed E-state index contributed by atoms with van der Waals surface area (Å²) in [5.74, 6) is 1.13. The Hall–Kier alpha value is -2.76. The number of ether oxygens (including phenoxy) is 2. The van der Waals surface area contributed by atoms with Crippen molar-refractivity contribution in [3.63, 3.8) is 0 Å². The zero-order chi connectivity index (χ0) is 27.0. The molecule has 3 aromatic rings. The lowest BCUT2D eigenvalue weighted by Crippen LogP contribution is -2.43. The molecular formula is C26H35N4O6Si. The van der Waals surface area contributed by atoms with Crippen LogP contribution in [0.5, 0.6) is 0 Å². The first kappa shape index (κ1) is 27.3. The minimum absolute atomic E-state index is 0.000353. The topological polar surface area (TPSA) is 113 Å². The Labute approximate surface area is 220 Å². The Morgan fingerprint density at radius 2 is 1.86 bits per heavy atom. The molecular weight excluding hydrogens is 492 g/mol. The Morgan fingerprint density at radius 3 is 2.49 bits per heavy atom. The first-order valence-corrected chi connectivity index (χ1v) is 12.9. The number of fused-ring (bicyclic) bond motifs is 1. The molecule has 1 aliphatic heterocycles. The van der Waals surface area contributed by atoms with Crippen molar-refractivity contribution in [2.24, 2.45) is 5.41 Å². The van der Waals surface area contributed by atoms with E-state index in [1.54, 1.807) is 17.2 Å². The molecule has 4 rings (SSSR count). The first-order valence-electron chi connectivity index (χ1n) is 12.5. The molecule has 0 aliphatic carbocycles. The lowest BCUT2D eigenvalue weighted by atomic mass is 9.75. The SMILES string of the molecule is CC(C)(C)OC(=O)N1CCC(OCc2noc(-c3cc4c(C(C)(O[Si])C(C)(C)C)nccc4o3)n2)CC1. The molecule has 3 radical (unpaired) electrons. The first-order chi connectivity index (χ1) is 17.3. The van der Waals surface area contributed by atoms with E-state index in [2.05, 4.69) is 46.4 Å². The molecule has 1 amide bonds. The predicted octanol–water partition coefficient (Wildman–Crippen LogP) is 5.16. The van der Waals surface area contributed by atoms with Gasteiger partial charge >= 0.3 is 6.09 Å². The van der Waals surface area contributed by atoms with E-state index < -0.39 is 11.2 Å². The number of hydrogen-bond donors (Lipinski definition) is 0. The third kappa shape index (κ3) is 5.88. The Morgan fingerprint density at radius 1 is 1.16 bits per heavy atom. The summed E-state index contributed by atoms with van der Waals surface area (Å²) in [6, 6.07) is 3.64. The van der Waals surface area contributed by atoms with Crippen molar-refractivity contribution in [2.45, 2.75) is 85.2 Å². The van der Waals surface area contributed by atoms with Gasteiger partial charge in [-0.2, -0.15) is 4.98 Å². The number of carbonyl (C=O) groups excluding carboxylic acids is 1. The van der Waals surface area contributed by atoms with Crippen molar-refractivity contribution in [2.75, 3.05) is 13.1 Å². The van der Waals surface area contributed by atoms with Crippen LogP contribution >= 0.6 is 0 Å². The minimum Gasteiger partial charge on any atom is -0.451 e. The summed E-state index contributed by atoms with van der Waals surface area (Å²) in [7, 11) is 3.26. The molecule has 0 aromatic carbocycles. The van der Waals surface area contributed by atoms with Crippen molar-refractivity contribution in [3.8, 4) is 11.7 Å². The van der Waals surface area contributed by atoms with Gasteiger partial charge in [-0.25, -0.2) is 4.79 Å². The number of amides is 1. The van der Waals surface area contributed by atoms with Crippen molar-refractivity contribution >= 4 is 27.5 Å². The van der Waals surface area contributed by atoms with Crippen LogP contribution in [0.1, 0.15) is 72.8 Å². The van der Waals surface area contributed by atoms with Gasteiger partial charge in [-0.3, -0.25) is 4.98 Å². The van der Waals surface area contributed by atoms with Crippen LogP contribution in [0.25, 0.3) is 22.6 Å². The Bertz CT molecular complexity index is 1240. The largest absolute Gasteiger partial charge is 0.451 e. The van der Waals surface area contributed by atoms with Gasteiger partial charge < -0.3 is 27.7 Å². The molecule has 1 unspecified atom stereocenters. The highest BCUT2D eigenvalue weighted by Crippen LogP contribution is 2.44. The van der Waals surface area contributed by atoms with E-state index in [0.717, 1.165) is 11.1 Å². The van der Waals surface area contributed by atoms with E-state index in [4.69, 9.17) is 22.8 Å². The molecule has 199 valence electrons. The molecule has 1 aliphatic rings. The number of hydrogen-bond acceptors (Lipinski definition) is 9. The van der Waals surface area contributed by atoms with Gasteiger partial charge in [0.2, 0.25) is 10.5 Å². The second-order valence-electron chi connectivity index (χ2n) is 11.6. The maximum atomic E-state index is 12.3. The number of piperidine rings is 1. The van der Waals surface area contributed by atoms with E-state index in [1.165, 1.54) is 0 Å². The van der Waals surface area contributed by atoms with Crippen molar-refractivity contribution in [1.29, 1.82) is 0 Å². The third-order valence-corrected chi connectivity index (χ3v) is 7.16. The van der Waals surface area contributed by atoms with E-state index >= 15 is 0 Å². The highest BCUT2D eigenvalue weighted by molar-refractivity contribution is 5.98. The minimum atomic E-state index is -0.725. The van der Waals surface area contributed by atoms with E-state index in [1.807, 2.05) is 33.8 Å². The molecule has 3 aromatic heterocycles. The third-order valence-electron chi connectivity index (χ3n) is 6.75. The normalized spacial score (nSPS) is 17.2. The second-order valence-corrected chi connectivity index (χ2v) is 11.8. The van der Waals surface area contributed by atoms with Gasteiger partial charge in [0.1, 0.15) is 23.4 Å². The molecule has 1 atom stereocenters. The maximum Gasteiger partial charge on any atom is 0.410 e. The summed E-state index contributed by atoms with van der Waals surface area (Å²) in [5, 5.41) is 4.86. The van der Waals surface area contributed by atoms with E-state index in [9.17, 15) is 4.79 Å². The molecule has 0 N–H and O–H groups in total. The Balaban J connectivity index is 1.41. The number of rotatable bonds is 6. The lowest BCUT2D eigenvalue weighted by Gasteiger charge is -2.40. The number of pyridine rings is 1. The summed E-state index contributed by atoms with van der Waals surface area (Å²) in [6.45, 7) is 15.2. The van der Waals surface area contributed by atoms with Gasteiger partial charge in [0.05, 0.1) is 11.8 Å². The smallest absolute Gasteiger partial charge is 0.410 e. The van der Waals surface area contributed by atoms with Crippen molar-refractivity contribution in [1.82, 2.24) is 20.0 Å². The van der Waals surface area contributed by atoms with E-state index in [0.29, 0.717) is 43.1 Å². The highest BCUT2D eigenvalue weighted by Gasteiger charge is 2.42. The summed E-state index contributed by atoms with van der Waals surface area (Å²) in [4.78, 5) is 23.0. The van der Waals surface area contributed by atoms with Crippen LogP contribution in [0, 0.1) is 5.41 Å². The summed E-state index contributed by atoms with van der Waals surface area (Å²) in [5.41, 5.74) is -0.106. The van der Waals surface area contributed by atoms with Crippen LogP contribution in [0.4, 0.5) is 4.79 Å². The number of aromatic nitrogens is 3. The molecule has 11 heteroatoms. The summed E-state index contributed by atoms with van der Waals surface area (Å²) < 4.78 is 28.7. The Kier molecular flexibility index (Phi) is 7.51. The summed E-state index contributed by atoms with van der Waals surface area (Å²) in [6.07, 6.45) is 2.83. The zero-order valence-corrected chi connectivity index (χ0v) is 23.6. The number of carbonyl (C=O) groups is 1. The molecule has 4 heterocycles. The molecule has 10 nitrogen and oxygen atoms in total.